The lowest BCUT2D eigenvalue weighted by atomic mass is 10.1. The van der Waals surface area contributed by atoms with Crippen molar-refractivity contribution >= 4 is 29.2 Å². The van der Waals surface area contributed by atoms with Crippen molar-refractivity contribution in [2.45, 2.75) is 37.5 Å². The van der Waals surface area contributed by atoms with Crippen molar-refractivity contribution in [3.8, 4) is 0 Å². The van der Waals surface area contributed by atoms with Crippen LogP contribution in [0.3, 0.4) is 0 Å². The summed E-state index contributed by atoms with van der Waals surface area (Å²) < 4.78 is 4.51. The van der Waals surface area contributed by atoms with Gasteiger partial charge in [-0.1, -0.05) is 6.42 Å². The Hall–Kier alpha value is 0.0500. The number of methoxy groups -OCH3 is 1. The average molecular weight is 227 g/mol. The van der Waals surface area contributed by atoms with Crippen LogP contribution >= 0.6 is 23.2 Å². The molecule has 0 aromatic rings. The van der Waals surface area contributed by atoms with E-state index in [0.29, 0.717) is 12.3 Å². The monoisotopic (exact) mass is 226 g/mol. The van der Waals surface area contributed by atoms with Crippen LogP contribution in [0.4, 0.5) is 0 Å². The Kier molecular flexibility index (Phi) is 8.67. The first kappa shape index (κ1) is 13.1. The lowest BCUT2D eigenvalue weighted by Gasteiger charge is -2.05. The highest BCUT2D eigenvalue weighted by Gasteiger charge is 2.04. The van der Waals surface area contributed by atoms with Crippen LogP contribution in [-0.4, -0.2) is 24.3 Å². The predicted molar refractivity (Wildman–Crippen MR) is 55.5 cm³/mol. The van der Waals surface area contributed by atoms with E-state index in [4.69, 9.17) is 23.2 Å². The van der Waals surface area contributed by atoms with Gasteiger partial charge in [0, 0.05) is 17.7 Å². The summed E-state index contributed by atoms with van der Waals surface area (Å²) in [7, 11) is 1.40. The third kappa shape index (κ3) is 8.38. The molecule has 0 N–H and O–H groups in total. The van der Waals surface area contributed by atoms with Crippen molar-refractivity contribution in [1.82, 2.24) is 0 Å². The summed E-state index contributed by atoms with van der Waals surface area (Å²) >= 11 is 11.5. The number of esters is 1. The standard InChI is InChI=1S/C9H16Cl2O2/c1-13-9(12)5-3-2-4-8(11)6-7-10/h8H,2-7H2,1H3/t8-/m1/s1. The van der Waals surface area contributed by atoms with E-state index >= 15 is 0 Å². The van der Waals surface area contributed by atoms with Crippen LogP contribution in [0.1, 0.15) is 32.1 Å². The molecule has 0 heterocycles. The zero-order chi connectivity index (χ0) is 10.1. The van der Waals surface area contributed by atoms with Crippen molar-refractivity contribution in [3.63, 3.8) is 0 Å². The first-order chi connectivity index (χ1) is 6.20. The minimum Gasteiger partial charge on any atom is -0.469 e. The SMILES string of the molecule is COC(=O)CCCC[C@@H](Cl)CCCl. The molecule has 78 valence electrons. The van der Waals surface area contributed by atoms with Crippen molar-refractivity contribution in [2.75, 3.05) is 13.0 Å². The van der Waals surface area contributed by atoms with E-state index in [1.54, 1.807) is 0 Å². The number of unbranched alkanes of at least 4 members (excludes halogenated alkanes) is 1. The van der Waals surface area contributed by atoms with Gasteiger partial charge in [-0.05, 0) is 19.3 Å². The van der Waals surface area contributed by atoms with Crippen LogP contribution in [0.2, 0.25) is 0 Å². The maximum absolute atomic E-state index is 10.7. The Morgan fingerprint density at radius 2 is 2.08 bits per heavy atom. The molecule has 0 aliphatic rings. The molecule has 0 radical (unpaired) electrons. The van der Waals surface area contributed by atoms with E-state index < -0.39 is 0 Å². The summed E-state index contributed by atoms with van der Waals surface area (Å²) in [5, 5.41) is 0.148. The topological polar surface area (TPSA) is 26.3 Å². The second-order valence-electron chi connectivity index (χ2n) is 2.90. The van der Waals surface area contributed by atoms with Crippen molar-refractivity contribution in [1.29, 1.82) is 0 Å². The highest BCUT2D eigenvalue weighted by molar-refractivity contribution is 6.22. The van der Waals surface area contributed by atoms with Crippen LogP contribution in [0.15, 0.2) is 0 Å². The molecule has 0 saturated heterocycles. The molecule has 0 bridgehead atoms. The fourth-order valence-electron chi connectivity index (χ4n) is 1.000. The van der Waals surface area contributed by atoms with Gasteiger partial charge in [-0.25, -0.2) is 0 Å². The van der Waals surface area contributed by atoms with E-state index in [9.17, 15) is 4.79 Å². The summed E-state index contributed by atoms with van der Waals surface area (Å²) in [5.41, 5.74) is 0. The summed E-state index contributed by atoms with van der Waals surface area (Å²) in [6.45, 7) is 0. The molecule has 0 aromatic carbocycles. The first-order valence-electron chi connectivity index (χ1n) is 4.47. The van der Waals surface area contributed by atoms with Gasteiger partial charge in [-0.15, -0.1) is 23.2 Å². The quantitative estimate of drug-likeness (QED) is 0.379. The molecule has 0 amide bonds. The molecule has 0 aliphatic carbocycles. The summed E-state index contributed by atoms with van der Waals surface area (Å²) in [6.07, 6.45) is 4.05. The summed E-state index contributed by atoms with van der Waals surface area (Å²) in [4.78, 5) is 10.7. The molecule has 0 saturated carbocycles. The Balaban J connectivity index is 3.20. The Morgan fingerprint density at radius 3 is 2.62 bits per heavy atom. The zero-order valence-electron chi connectivity index (χ0n) is 7.89. The van der Waals surface area contributed by atoms with Crippen LogP contribution < -0.4 is 0 Å². The minimum atomic E-state index is -0.150. The van der Waals surface area contributed by atoms with Gasteiger partial charge in [0.2, 0.25) is 0 Å². The van der Waals surface area contributed by atoms with Gasteiger partial charge in [-0.2, -0.15) is 0 Å². The van der Waals surface area contributed by atoms with Crippen molar-refractivity contribution in [3.05, 3.63) is 0 Å². The highest BCUT2D eigenvalue weighted by atomic mass is 35.5. The van der Waals surface area contributed by atoms with Gasteiger partial charge in [0.25, 0.3) is 0 Å². The lowest BCUT2D eigenvalue weighted by molar-refractivity contribution is -0.140. The normalized spacial score (nSPS) is 12.5. The highest BCUT2D eigenvalue weighted by Crippen LogP contribution is 2.13. The Morgan fingerprint density at radius 1 is 1.38 bits per heavy atom. The number of hydrogen-bond acceptors (Lipinski definition) is 2. The maximum Gasteiger partial charge on any atom is 0.305 e. The number of rotatable bonds is 7. The third-order valence-corrected chi connectivity index (χ3v) is 2.45. The summed E-state index contributed by atoms with van der Waals surface area (Å²) in [6, 6.07) is 0. The van der Waals surface area contributed by atoms with Crippen molar-refractivity contribution < 1.29 is 9.53 Å². The molecule has 0 fully saturated rings. The van der Waals surface area contributed by atoms with E-state index in [2.05, 4.69) is 4.74 Å². The van der Waals surface area contributed by atoms with Gasteiger partial charge in [-0.3, -0.25) is 4.79 Å². The number of ether oxygens (including phenoxy) is 1. The third-order valence-electron chi connectivity index (χ3n) is 1.80. The van der Waals surface area contributed by atoms with Crippen LogP contribution in [0.5, 0.6) is 0 Å². The van der Waals surface area contributed by atoms with E-state index in [0.717, 1.165) is 25.7 Å². The van der Waals surface area contributed by atoms with E-state index in [1.165, 1.54) is 7.11 Å². The van der Waals surface area contributed by atoms with Crippen LogP contribution in [0, 0.1) is 0 Å². The van der Waals surface area contributed by atoms with Crippen LogP contribution in [0.25, 0.3) is 0 Å². The number of halogens is 2. The van der Waals surface area contributed by atoms with Gasteiger partial charge < -0.3 is 4.74 Å². The number of carbonyl (C=O) groups excluding carboxylic acids is 1. The van der Waals surface area contributed by atoms with Gasteiger partial charge in [0.15, 0.2) is 0 Å². The minimum absolute atomic E-state index is 0.148. The fraction of sp³-hybridized carbons (Fsp3) is 0.889. The van der Waals surface area contributed by atoms with E-state index in [1.807, 2.05) is 0 Å². The Labute approximate surface area is 89.5 Å². The number of alkyl halides is 2. The average Bonchev–Trinajstić information content (AvgIpc) is 2.12. The van der Waals surface area contributed by atoms with E-state index in [-0.39, 0.29) is 11.3 Å². The molecule has 2 nitrogen and oxygen atoms in total. The maximum atomic E-state index is 10.7. The van der Waals surface area contributed by atoms with Gasteiger partial charge in [0.05, 0.1) is 7.11 Å². The molecular weight excluding hydrogens is 211 g/mol. The molecule has 0 aromatic heterocycles. The fourth-order valence-corrected chi connectivity index (χ4v) is 1.64. The summed E-state index contributed by atoms with van der Waals surface area (Å²) in [5.74, 6) is 0.453. The molecule has 0 unspecified atom stereocenters. The van der Waals surface area contributed by atoms with Crippen molar-refractivity contribution in [2.24, 2.45) is 0 Å². The second kappa shape index (κ2) is 8.64. The molecule has 0 spiro atoms. The second-order valence-corrected chi connectivity index (χ2v) is 3.89. The molecule has 0 aliphatic heterocycles. The number of hydrogen-bond donors (Lipinski definition) is 0. The molecule has 13 heavy (non-hydrogen) atoms. The number of carbonyl (C=O) groups is 1. The first-order valence-corrected chi connectivity index (χ1v) is 5.44. The zero-order valence-corrected chi connectivity index (χ0v) is 9.40. The smallest absolute Gasteiger partial charge is 0.305 e. The predicted octanol–water partition coefficient (Wildman–Crippen LogP) is 2.96. The molecule has 0 rings (SSSR count). The molecule has 4 heteroatoms. The molecule has 1 atom stereocenters. The van der Waals surface area contributed by atoms with Gasteiger partial charge in [0.1, 0.15) is 0 Å². The van der Waals surface area contributed by atoms with Gasteiger partial charge >= 0.3 is 5.97 Å². The Bertz CT molecular complexity index is 140. The largest absolute Gasteiger partial charge is 0.469 e. The van der Waals surface area contributed by atoms with Crippen LogP contribution in [-0.2, 0) is 9.53 Å². The lowest BCUT2D eigenvalue weighted by Crippen LogP contribution is -2.02. The molecular formula is C9H16Cl2O2.